The molecular formula is C25H26N6O4. The van der Waals surface area contributed by atoms with Gasteiger partial charge in [-0.1, -0.05) is 18.2 Å². The lowest BCUT2D eigenvalue weighted by Crippen LogP contribution is -2.50. The number of carboxylic acid groups (broad SMARTS) is 1. The minimum absolute atomic E-state index is 0.200. The topological polar surface area (TPSA) is 141 Å². The average molecular weight is 475 g/mol. The molecule has 4 heterocycles. The van der Waals surface area contributed by atoms with Gasteiger partial charge >= 0.3 is 5.97 Å². The second-order valence-electron chi connectivity index (χ2n) is 9.38. The summed E-state index contributed by atoms with van der Waals surface area (Å²) in [5, 5.41) is 28.9. The molecule has 1 aliphatic carbocycles. The molecule has 4 N–H and O–H groups in total. The maximum atomic E-state index is 12.1. The molecule has 0 amide bonds. The number of ether oxygens (including phenoxy) is 1. The van der Waals surface area contributed by atoms with E-state index in [-0.39, 0.29) is 18.9 Å². The highest BCUT2D eigenvalue weighted by molar-refractivity contribution is 5.91. The van der Waals surface area contributed by atoms with Crippen molar-refractivity contribution in [3.8, 4) is 22.5 Å². The van der Waals surface area contributed by atoms with Crippen LogP contribution in [0.1, 0.15) is 37.3 Å². The normalized spacial score (nSPS) is 22.8. The smallest absolute Gasteiger partial charge is 0.314 e. The first-order chi connectivity index (χ1) is 17.0. The summed E-state index contributed by atoms with van der Waals surface area (Å²) in [4.78, 5) is 16.4. The molecule has 3 aromatic heterocycles. The summed E-state index contributed by atoms with van der Waals surface area (Å²) >= 11 is 0. The molecule has 2 aliphatic rings. The number of benzene rings is 1. The van der Waals surface area contributed by atoms with Crippen LogP contribution in [0.25, 0.3) is 28.0 Å². The Balaban J connectivity index is 1.50. The first-order valence-corrected chi connectivity index (χ1v) is 11.7. The van der Waals surface area contributed by atoms with Gasteiger partial charge in [-0.15, -0.1) is 0 Å². The number of hydrogen-bond acceptors (Lipinski definition) is 7. The molecule has 1 saturated carbocycles. The molecule has 0 radical (unpaired) electrons. The van der Waals surface area contributed by atoms with E-state index in [0.29, 0.717) is 30.1 Å². The molecule has 4 aromatic rings. The lowest BCUT2D eigenvalue weighted by Gasteiger charge is -2.42. The second-order valence-corrected chi connectivity index (χ2v) is 9.38. The number of aromatic nitrogens is 5. The molecule has 10 nitrogen and oxygen atoms in total. The molecule has 0 unspecified atom stereocenters. The SMILES string of the molecule is Nc1ncnn2c(-c3cccc(C4(C(=O)O)CC(O)C4)c3)cc(-c3ccnn3C3CCOCC3)c12. The lowest BCUT2D eigenvalue weighted by atomic mass is 9.62. The summed E-state index contributed by atoms with van der Waals surface area (Å²) in [7, 11) is 0. The number of anilines is 1. The van der Waals surface area contributed by atoms with Crippen molar-refractivity contribution in [3.63, 3.8) is 0 Å². The van der Waals surface area contributed by atoms with Crippen LogP contribution in [-0.4, -0.2) is 59.9 Å². The van der Waals surface area contributed by atoms with Crippen molar-refractivity contribution in [1.29, 1.82) is 0 Å². The van der Waals surface area contributed by atoms with Crippen molar-refractivity contribution in [2.75, 3.05) is 18.9 Å². The van der Waals surface area contributed by atoms with Crippen LogP contribution in [0.3, 0.4) is 0 Å². The molecular weight excluding hydrogens is 448 g/mol. The van der Waals surface area contributed by atoms with Crippen molar-refractivity contribution >= 4 is 17.3 Å². The van der Waals surface area contributed by atoms with Crippen molar-refractivity contribution in [1.82, 2.24) is 24.4 Å². The van der Waals surface area contributed by atoms with E-state index in [1.54, 1.807) is 10.7 Å². The monoisotopic (exact) mass is 474 g/mol. The van der Waals surface area contributed by atoms with Crippen molar-refractivity contribution < 1.29 is 19.7 Å². The second kappa shape index (κ2) is 8.17. The van der Waals surface area contributed by atoms with E-state index in [9.17, 15) is 15.0 Å². The molecule has 1 saturated heterocycles. The zero-order valence-corrected chi connectivity index (χ0v) is 19.0. The number of aliphatic hydroxyl groups excluding tert-OH is 1. The standard InChI is InChI=1S/C25H26N6O4/c26-23-22-19(20-4-7-28-30(20)17-5-8-35-9-6-17)11-21(31(22)29-14-27-23)15-2-1-3-16(10-15)25(24(33)34)12-18(32)13-25/h1-4,7,10-11,14,17-18,32H,5-6,8-9,12-13H2,(H,33,34)(H2,26,27,29). The Labute approximate surface area is 201 Å². The molecule has 1 aromatic carbocycles. The van der Waals surface area contributed by atoms with Crippen LogP contribution in [0.15, 0.2) is 48.9 Å². The third-order valence-corrected chi connectivity index (χ3v) is 7.35. The fraction of sp³-hybridized carbons (Fsp3) is 0.360. The molecule has 0 atom stereocenters. The predicted molar refractivity (Wildman–Crippen MR) is 128 cm³/mol. The van der Waals surface area contributed by atoms with Gasteiger partial charge < -0.3 is 20.7 Å². The van der Waals surface area contributed by atoms with Crippen LogP contribution >= 0.6 is 0 Å². The van der Waals surface area contributed by atoms with Gasteiger partial charge in [0.25, 0.3) is 0 Å². The molecule has 0 spiro atoms. The maximum absolute atomic E-state index is 12.1. The maximum Gasteiger partial charge on any atom is 0.314 e. The van der Waals surface area contributed by atoms with E-state index in [1.165, 1.54) is 6.33 Å². The summed E-state index contributed by atoms with van der Waals surface area (Å²) in [5.74, 6) is -0.575. The van der Waals surface area contributed by atoms with Crippen molar-refractivity contribution in [3.05, 3.63) is 54.5 Å². The zero-order valence-electron chi connectivity index (χ0n) is 19.0. The molecule has 0 bridgehead atoms. The van der Waals surface area contributed by atoms with Crippen LogP contribution in [0.4, 0.5) is 5.82 Å². The number of carboxylic acids is 1. The largest absolute Gasteiger partial charge is 0.481 e. The van der Waals surface area contributed by atoms with E-state index >= 15 is 0 Å². The number of nitrogen functional groups attached to an aromatic ring is 1. The summed E-state index contributed by atoms with van der Waals surface area (Å²) in [6.07, 6.45) is 4.75. The summed E-state index contributed by atoms with van der Waals surface area (Å²) in [6, 6.07) is 11.6. The number of hydrogen-bond donors (Lipinski definition) is 3. The van der Waals surface area contributed by atoms with Gasteiger partial charge in [-0.2, -0.15) is 10.2 Å². The Morgan fingerprint density at radius 3 is 2.66 bits per heavy atom. The highest BCUT2D eigenvalue weighted by atomic mass is 16.5. The van der Waals surface area contributed by atoms with Crippen LogP contribution in [0.5, 0.6) is 0 Å². The third-order valence-electron chi connectivity index (χ3n) is 7.35. The van der Waals surface area contributed by atoms with Crippen LogP contribution < -0.4 is 5.73 Å². The third kappa shape index (κ3) is 3.40. The highest BCUT2D eigenvalue weighted by Crippen LogP contribution is 2.45. The number of aliphatic hydroxyl groups is 1. The Morgan fingerprint density at radius 2 is 1.91 bits per heavy atom. The number of aliphatic carboxylic acids is 1. The van der Waals surface area contributed by atoms with Gasteiger partial charge in [-0.25, -0.2) is 9.50 Å². The summed E-state index contributed by atoms with van der Waals surface area (Å²) < 4.78 is 9.31. The first kappa shape index (κ1) is 21.8. The summed E-state index contributed by atoms with van der Waals surface area (Å²) in [6.45, 7) is 1.40. The van der Waals surface area contributed by atoms with Crippen molar-refractivity contribution in [2.24, 2.45) is 0 Å². The van der Waals surface area contributed by atoms with Gasteiger partial charge in [0.05, 0.1) is 28.9 Å². The Kier molecular flexibility index (Phi) is 5.08. The molecule has 2 fully saturated rings. The quantitative estimate of drug-likeness (QED) is 0.401. The van der Waals surface area contributed by atoms with E-state index in [0.717, 1.165) is 35.4 Å². The number of rotatable bonds is 5. The van der Waals surface area contributed by atoms with Gasteiger partial charge in [-0.3, -0.25) is 9.48 Å². The zero-order chi connectivity index (χ0) is 24.2. The number of fused-ring (bicyclic) bond motifs is 1. The van der Waals surface area contributed by atoms with Gasteiger partial charge in [0, 0.05) is 30.5 Å². The molecule has 1 aliphatic heterocycles. The summed E-state index contributed by atoms with van der Waals surface area (Å²) in [5.41, 5.74) is 9.95. The fourth-order valence-electron chi connectivity index (χ4n) is 5.47. The van der Waals surface area contributed by atoms with Crippen LogP contribution in [0, 0.1) is 0 Å². The minimum atomic E-state index is -1.08. The average Bonchev–Trinajstić information content (AvgIpc) is 3.48. The first-order valence-electron chi connectivity index (χ1n) is 11.7. The molecule has 180 valence electrons. The fourth-order valence-corrected chi connectivity index (χ4v) is 5.47. The molecule has 6 rings (SSSR count). The van der Waals surface area contributed by atoms with E-state index in [2.05, 4.69) is 15.2 Å². The van der Waals surface area contributed by atoms with Gasteiger partial charge in [0.2, 0.25) is 0 Å². The van der Waals surface area contributed by atoms with E-state index in [4.69, 9.17) is 10.5 Å². The number of nitrogens with two attached hydrogens (primary N) is 1. The minimum Gasteiger partial charge on any atom is -0.481 e. The predicted octanol–water partition coefficient (Wildman–Crippen LogP) is 2.67. The van der Waals surface area contributed by atoms with Crippen molar-refractivity contribution in [2.45, 2.75) is 43.2 Å². The van der Waals surface area contributed by atoms with E-state index in [1.807, 2.05) is 41.1 Å². The van der Waals surface area contributed by atoms with Gasteiger partial charge in [0.15, 0.2) is 5.82 Å². The van der Waals surface area contributed by atoms with Crippen LogP contribution in [-0.2, 0) is 14.9 Å². The lowest BCUT2D eigenvalue weighted by molar-refractivity contribution is -0.152. The van der Waals surface area contributed by atoms with Gasteiger partial charge in [0.1, 0.15) is 11.8 Å². The number of carbonyl (C=O) groups is 1. The molecule has 10 heteroatoms. The number of nitrogens with zero attached hydrogens (tertiary/aromatic N) is 5. The van der Waals surface area contributed by atoms with Gasteiger partial charge in [-0.05, 0) is 49.4 Å². The Bertz CT molecular complexity index is 1410. The Hall–Kier alpha value is -3.76. The highest BCUT2D eigenvalue weighted by Gasteiger charge is 2.51. The van der Waals surface area contributed by atoms with Crippen LogP contribution in [0.2, 0.25) is 0 Å². The molecule has 35 heavy (non-hydrogen) atoms. The van der Waals surface area contributed by atoms with E-state index < -0.39 is 17.5 Å². The Morgan fingerprint density at radius 1 is 1.11 bits per heavy atom.